The van der Waals surface area contributed by atoms with Crippen molar-refractivity contribution < 1.29 is 22.8 Å². The number of aryl methyl sites for hydroxylation is 3. The Hall–Kier alpha value is -2.56. The Morgan fingerprint density at radius 3 is 2.67 bits per heavy atom. The summed E-state index contributed by atoms with van der Waals surface area (Å²) in [6, 6.07) is -0.375. The number of hydrogen-bond donors (Lipinski definition) is 0. The lowest BCUT2D eigenvalue weighted by molar-refractivity contribution is -0.135. The van der Waals surface area contributed by atoms with Gasteiger partial charge in [0.2, 0.25) is 0 Å². The molecule has 0 bridgehead atoms. The molecule has 0 unspecified atom stereocenters. The number of aromatic nitrogens is 3. The number of amides is 2. The van der Waals surface area contributed by atoms with Crippen LogP contribution in [-0.4, -0.2) is 57.5 Å². The fourth-order valence-corrected chi connectivity index (χ4v) is 4.24. The predicted molar refractivity (Wildman–Crippen MR) is 106 cm³/mol. The van der Waals surface area contributed by atoms with Crippen LogP contribution < -0.4 is 4.90 Å². The van der Waals surface area contributed by atoms with Gasteiger partial charge in [0.25, 0.3) is 0 Å². The highest BCUT2D eigenvalue weighted by molar-refractivity contribution is 7.17. The molecule has 2 amide bonds. The van der Waals surface area contributed by atoms with Crippen molar-refractivity contribution >= 4 is 28.3 Å². The van der Waals surface area contributed by atoms with Gasteiger partial charge in [0.05, 0.1) is 22.0 Å². The lowest BCUT2D eigenvalue weighted by Crippen LogP contribution is -2.32. The van der Waals surface area contributed by atoms with Crippen LogP contribution in [0.5, 0.6) is 0 Å². The van der Waals surface area contributed by atoms with Crippen LogP contribution >= 0.6 is 11.3 Å². The first-order chi connectivity index (χ1) is 14.1. The number of urea groups is 1. The molecule has 0 aliphatic carbocycles. The van der Waals surface area contributed by atoms with Crippen LogP contribution in [0.4, 0.5) is 23.1 Å². The number of hydrogen-bond acceptors (Lipinski definition) is 6. The lowest BCUT2D eigenvalue weighted by Gasteiger charge is -2.17. The minimum Gasteiger partial charge on any atom is -0.322 e. The standard InChI is InChI=1S/C19H22F3N5O2S/c1-12-10-23-11-14(24-12)4-5-15(28)16-13(2)25-17(30-16)27-9-8-26(18(27)29)7-3-6-19(20,21)22/h10-11H,3-9H2,1-2H3. The van der Waals surface area contributed by atoms with Crippen LogP contribution in [0.2, 0.25) is 0 Å². The van der Waals surface area contributed by atoms with Gasteiger partial charge in [-0.3, -0.25) is 19.7 Å². The molecule has 0 radical (unpaired) electrons. The van der Waals surface area contributed by atoms with Crippen LogP contribution in [0, 0.1) is 13.8 Å². The zero-order chi connectivity index (χ0) is 21.9. The summed E-state index contributed by atoms with van der Waals surface area (Å²) in [4.78, 5) is 41.2. The Kier molecular flexibility index (Phi) is 6.69. The van der Waals surface area contributed by atoms with Crippen molar-refractivity contribution in [1.82, 2.24) is 19.9 Å². The number of carbonyl (C=O) groups excluding carboxylic acids is 2. The first-order valence-electron chi connectivity index (χ1n) is 9.55. The number of thiazole rings is 1. The second-order valence-corrected chi connectivity index (χ2v) is 8.10. The van der Waals surface area contributed by atoms with E-state index in [1.165, 1.54) is 9.80 Å². The van der Waals surface area contributed by atoms with Gasteiger partial charge in [-0.05, 0) is 26.7 Å². The molecule has 0 N–H and O–H groups in total. The Labute approximate surface area is 176 Å². The molecule has 11 heteroatoms. The number of halogens is 3. The lowest BCUT2D eigenvalue weighted by atomic mass is 10.1. The number of carbonyl (C=O) groups is 2. The van der Waals surface area contributed by atoms with Crippen molar-refractivity contribution in [2.75, 3.05) is 24.5 Å². The highest BCUT2D eigenvalue weighted by Crippen LogP contribution is 2.30. The van der Waals surface area contributed by atoms with E-state index in [1.807, 2.05) is 6.92 Å². The average Bonchev–Trinajstić information content (AvgIpc) is 3.22. The maximum atomic E-state index is 12.6. The fourth-order valence-electron chi connectivity index (χ4n) is 3.19. The zero-order valence-electron chi connectivity index (χ0n) is 16.7. The largest absolute Gasteiger partial charge is 0.389 e. The van der Waals surface area contributed by atoms with Crippen molar-refractivity contribution in [1.29, 1.82) is 0 Å². The maximum Gasteiger partial charge on any atom is 0.389 e. The van der Waals surface area contributed by atoms with E-state index in [4.69, 9.17) is 0 Å². The molecule has 2 aromatic heterocycles. The molecule has 0 aromatic carbocycles. The van der Waals surface area contributed by atoms with Gasteiger partial charge in [0.1, 0.15) is 0 Å². The monoisotopic (exact) mass is 441 g/mol. The molecule has 0 spiro atoms. The Morgan fingerprint density at radius 1 is 1.20 bits per heavy atom. The SMILES string of the molecule is Cc1cncc(CCC(=O)c2sc(N3CCN(CCCC(F)(F)F)C3=O)nc2C)n1. The van der Waals surface area contributed by atoms with Crippen molar-refractivity contribution in [2.24, 2.45) is 0 Å². The van der Waals surface area contributed by atoms with Crippen LogP contribution in [0.1, 0.15) is 46.0 Å². The minimum atomic E-state index is -4.23. The van der Waals surface area contributed by atoms with Crippen molar-refractivity contribution in [3.63, 3.8) is 0 Å². The van der Waals surface area contributed by atoms with Gasteiger partial charge in [-0.2, -0.15) is 13.2 Å². The van der Waals surface area contributed by atoms with Crippen LogP contribution in [0.15, 0.2) is 12.4 Å². The van der Waals surface area contributed by atoms with Gasteiger partial charge in [-0.15, -0.1) is 0 Å². The van der Waals surface area contributed by atoms with Crippen molar-refractivity contribution in [3.8, 4) is 0 Å². The number of rotatable bonds is 8. The van der Waals surface area contributed by atoms with Gasteiger partial charge in [0.15, 0.2) is 10.9 Å². The summed E-state index contributed by atoms with van der Waals surface area (Å²) in [6.07, 6.45) is -1.31. The number of Topliss-reactive ketones (excluding diaryl/α,β-unsaturated/α-hetero) is 1. The predicted octanol–water partition coefficient (Wildman–Crippen LogP) is 3.95. The molecular weight excluding hydrogens is 419 g/mol. The fraction of sp³-hybridized carbons (Fsp3) is 0.526. The summed E-state index contributed by atoms with van der Waals surface area (Å²) in [6.45, 7) is 4.26. The van der Waals surface area contributed by atoms with Crippen molar-refractivity contribution in [2.45, 2.75) is 45.7 Å². The van der Waals surface area contributed by atoms with Crippen molar-refractivity contribution in [3.05, 3.63) is 34.4 Å². The number of ketones is 1. The van der Waals surface area contributed by atoms with Gasteiger partial charge < -0.3 is 4.90 Å². The maximum absolute atomic E-state index is 12.6. The molecule has 0 atom stereocenters. The Balaban J connectivity index is 1.60. The summed E-state index contributed by atoms with van der Waals surface area (Å²) in [5.41, 5.74) is 2.05. The minimum absolute atomic E-state index is 0.0442. The molecule has 30 heavy (non-hydrogen) atoms. The highest BCUT2D eigenvalue weighted by Gasteiger charge is 2.33. The van der Waals surface area contributed by atoms with E-state index in [9.17, 15) is 22.8 Å². The van der Waals surface area contributed by atoms with E-state index in [-0.39, 0.29) is 31.2 Å². The first-order valence-corrected chi connectivity index (χ1v) is 10.4. The van der Waals surface area contributed by atoms with Crippen LogP contribution in [0.3, 0.4) is 0 Å². The molecule has 7 nitrogen and oxygen atoms in total. The Bertz CT molecular complexity index is 931. The van der Waals surface area contributed by atoms with Gasteiger partial charge in [-0.1, -0.05) is 11.3 Å². The molecule has 1 aliphatic rings. The molecule has 162 valence electrons. The Morgan fingerprint density at radius 2 is 1.97 bits per heavy atom. The van der Waals surface area contributed by atoms with Gasteiger partial charge >= 0.3 is 12.2 Å². The summed E-state index contributed by atoms with van der Waals surface area (Å²) in [5, 5.41) is 0.398. The summed E-state index contributed by atoms with van der Waals surface area (Å²) < 4.78 is 37.0. The third-order valence-electron chi connectivity index (χ3n) is 4.67. The number of nitrogens with zero attached hydrogens (tertiary/aromatic N) is 5. The third kappa shape index (κ3) is 5.53. The molecule has 1 aliphatic heterocycles. The smallest absolute Gasteiger partial charge is 0.322 e. The van der Waals surface area contributed by atoms with Gasteiger partial charge in [0, 0.05) is 44.9 Å². The van der Waals surface area contributed by atoms with E-state index in [0.29, 0.717) is 35.2 Å². The van der Waals surface area contributed by atoms with Gasteiger partial charge in [-0.25, -0.2) is 9.78 Å². The molecule has 2 aromatic rings. The molecule has 1 saturated heterocycles. The van der Waals surface area contributed by atoms with Crippen LogP contribution in [0.25, 0.3) is 0 Å². The molecule has 0 saturated carbocycles. The zero-order valence-corrected chi connectivity index (χ0v) is 17.5. The topological polar surface area (TPSA) is 79.3 Å². The second-order valence-electron chi connectivity index (χ2n) is 7.13. The summed E-state index contributed by atoms with van der Waals surface area (Å²) >= 11 is 1.14. The van der Waals surface area contributed by atoms with Crippen LogP contribution in [-0.2, 0) is 6.42 Å². The molecular formula is C19H22F3N5O2S. The quantitative estimate of drug-likeness (QED) is 0.580. The third-order valence-corrected chi connectivity index (χ3v) is 5.89. The number of anilines is 1. The molecule has 3 heterocycles. The average molecular weight is 441 g/mol. The van der Waals surface area contributed by atoms with E-state index in [0.717, 1.165) is 22.7 Å². The molecule has 1 fully saturated rings. The normalized spacial score (nSPS) is 14.6. The van der Waals surface area contributed by atoms with E-state index >= 15 is 0 Å². The van der Waals surface area contributed by atoms with E-state index < -0.39 is 12.6 Å². The van der Waals surface area contributed by atoms with E-state index in [1.54, 1.807) is 19.3 Å². The number of alkyl halides is 3. The molecule has 3 rings (SSSR count). The van der Waals surface area contributed by atoms with E-state index in [2.05, 4.69) is 15.0 Å². The second kappa shape index (κ2) is 9.07. The first kappa shape index (κ1) is 22.1. The highest BCUT2D eigenvalue weighted by atomic mass is 32.1. The summed E-state index contributed by atoms with van der Waals surface area (Å²) in [7, 11) is 0. The summed E-state index contributed by atoms with van der Waals surface area (Å²) in [5.74, 6) is -0.0896.